The molecule has 6 aromatic carbocycles. The van der Waals surface area contributed by atoms with Gasteiger partial charge in [-0.3, -0.25) is 0 Å². The highest BCUT2D eigenvalue weighted by molar-refractivity contribution is 6.07. The normalized spacial score (nSPS) is 11.9. The van der Waals surface area contributed by atoms with Crippen LogP contribution in [0.3, 0.4) is 0 Å². The third-order valence-corrected chi connectivity index (χ3v) is 9.05. The zero-order valence-corrected chi connectivity index (χ0v) is 27.4. The van der Waals surface area contributed by atoms with Crippen LogP contribution >= 0.6 is 0 Å². The number of methoxy groups -OCH3 is 2. The number of hydrogen-bond donors (Lipinski definition) is 2. The number of nitrogens with two attached hydrogens (primary N) is 2. The Morgan fingerprint density at radius 3 is 1.94 bits per heavy atom. The molecular weight excluding hydrogens is 610 g/mol. The Balaban J connectivity index is 1.23. The van der Waals surface area contributed by atoms with Crippen molar-refractivity contribution in [3.05, 3.63) is 139 Å². The van der Waals surface area contributed by atoms with E-state index in [0.29, 0.717) is 18.7 Å². The zero-order valence-electron chi connectivity index (χ0n) is 27.4. The number of nitrogens with zero attached hydrogens (tertiary/aromatic N) is 1. The summed E-state index contributed by atoms with van der Waals surface area (Å²) in [6, 6.07) is 41.2. The van der Waals surface area contributed by atoms with Gasteiger partial charge in [-0.15, -0.1) is 0 Å². The second-order valence-corrected chi connectivity index (χ2v) is 12.0. The fraction of sp³-hybridized carbons (Fsp3) is 0.119. The molecule has 0 aliphatic heterocycles. The van der Waals surface area contributed by atoms with Gasteiger partial charge in [0, 0.05) is 41.7 Å². The molecule has 0 spiro atoms. The number of hydrogen-bond acceptors (Lipinski definition) is 6. The Labute approximate surface area is 285 Å². The van der Waals surface area contributed by atoms with Crippen LogP contribution in [0.1, 0.15) is 10.4 Å². The van der Waals surface area contributed by atoms with Crippen LogP contribution < -0.4 is 16.2 Å². The number of nitrogen functional groups attached to an aromatic ring is 2. The Hall–Kier alpha value is -6.05. The van der Waals surface area contributed by atoms with Gasteiger partial charge in [0.15, 0.2) is 0 Å². The van der Waals surface area contributed by atoms with Crippen molar-refractivity contribution in [1.29, 1.82) is 0 Å². The van der Waals surface area contributed by atoms with Gasteiger partial charge in [-0.1, -0.05) is 84.9 Å². The van der Waals surface area contributed by atoms with Gasteiger partial charge in [0.2, 0.25) is 0 Å². The summed E-state index contributed by atoms with van der Waals surface area (Å²) in [4.78, 5) is 11.8. The van der Waals surface area contributed by atoms with E-state index in [2.05, 4.69) is 78.9 Å². The lowest BCUT2D eigenvalue weighted by atomic mass is 9.88. The van der Waals surface area contributed by atoms with Crippen LogP contribution in [0.25, 0.3) is 54.9 Å². The molecule has 0 saturated carbocycles. The van der Waals surface area contributed by atoms with Crippen LogP contribution in [0.15, 0.2) is 134 Å². The average Bonchev–Trinajstić information content (AvgIpc) is 3.61. The van der Waals surface area contributed by atoms with E-state index in [1.165, 1.54) is 7.11 Å². The van der Waals surface area contributed by atoms with Gasteiger partial charge in [0.25, 0.3) is 0 Å². The van der Waals surface area contributed by atoms with Crippen molar-refractivity contribution in [3.8, 4) is 39.1 Å². The van der Waals surface area contributed by atoms with Gasteiger partial charge in [-0.05, 0) is 80.6 Å². The topological polar surface area (TPSA) is 102 Å². The van der Waals surface area contributed by atoms with Gasteiger partial charge >= 0.3 is 5.97 Å². The number of carbonyl (C=O) groups is 1. The van der Waals surface area contributed by atoms with E-state index in [1.807, 2.05) is 47.2 Å². The molecule has 0 radical (unpaired) electrons. The Bertz CT molecular complexity index is 2290. The number of carbonyl (C=O) groups excluding carboxylic acids is 1. The molecule has 0 bridgehead atoms. The first-order chi connectivity index (χ1) is 23.9. The predicted octanol–water partition coefficient (Wildman–Crippen LogP) is 8.84. The van der Waals surface area contributed by atoms with Crippen molar-refractivity contribution in [1.82, 2.24) is 4.57 Å². The first-order valence-electron chi connectivity index (χ1n) is 16.1. The van der Waals surface area contributed by atoms with Crippen LogP contribution in [0.4, 0.5) is 11.4 Å². The second-order valence-electron chi connectivity index (χ2n) is 12.0. The Morgan fingerprint density at radius 2 is 1.27 bits per heavy atom. The monoisotopic (exact) mass is 647 g/mol. The van der Waals surface area contributed by atoms with E-state index in [0.717, 1.165) is 72.0 Å². The fourth-order valence-electron chi connectivity index (χ4n) is 6.48. The standard InChI is InChI=1S/C42H37N3O4/c1-47-31(25-45-22-21-29(24-45)42(46)48-2)26-49-30-18-15-27(16-19-30)39-23-28(32-7-3-11-37-33(32)9-5-13-40(37)43)17-20-36(39)34-8-4-12-38-35(34)10-6-14-41(38)44/h3-24,31H,25-26,43-44H2,1-2H3. The van der Waals surface area contributed by atoms with Crippen LogP contribution in [-0.4, -0.2) is 37.5 Å². The van der Waals surface area contributed by atoms with Crippen molar-refractivity contribution in [2.45, 2.75) is 12.6 Å². The lowest BCUT2D eigenvalue weighted by Crippen LogP contribution is -2.25. The summed E-state index contributed by atoms with van der Waals surface area (Å²) >= 11 is 0. The third-order valence-electron chi connectivity index (χ3n) is 9.05. The molecule has 7 rings (SSSR count). The quantitative estimate of drug-likeness (QED) is 0.114. The summed E-state index contributed by atoms with van der Waals surface area (Å²) in [6.07, 6.45) is 3.35. The van der Waals surface area contributed by atoms with Crippen molar-refractivity contribution in [2.75, 3.05) is 32.3 Å². The van der Waals surface area contributed by atoms with E-state index in [9.17, 15) is 4.79 Å². The van der Waals surface area contributed by atoms with Crippen LogP contribution in [-0.2, 0) is 16.0 Å². The van der Waals surface area contributed by atoms with E-state index in [4.69, 9.17) is 25.7 Å². The first-order valence-corrected chi connectivity index (χ1v) is 16.1. The Morgan fingerprint density at radius 1 is 0.653 bits per heavy atom. The minimum atomic E-state index is -0.371. The number of fused-ring (bicyclic) bond motifs is 2. The summed E-state index contributed by atoms with van der Waals surface area (Å²) in [7, 11) is 3.03. The maximum atomic E-state index is 11.8. The summed E-state index contributed by atoms with van der Waals surface area (Å²) in [5.74, 6) is 0.359. The molecule has 1 aromatic heterocycles. The summed E-state index contributed by atoms with van der Waals surface area (Å²) in [5.41, 5.74) is 21.3. The van der Waals surface area contributed by atoms with Crippen molar-refractivity contribution >= 4 is 38.9 Å². The van der Waals surface area contributed by atoms with Crippen molar-refractivity contribution in [3.63, 3.8) is 0 Å². The third kappa shape index (κ3) is 6.32. The number of rotatable bonds is 10. The average molecular weight is 648 g/mol. The van der Waals surface area contributed by atoms with Gasteiger partial charge in [0.05, 0.1) is 19.2 Å². The number of aromatic nitrogens is 1. The van der Waals surface area contributed by atoms with Crippen LogP contribution in [0.2, 0.25) is 0 Å². The maximum absolute atomic E-state index is 11.8. The number of anilines is 2. The molecule has 7 aromatic rings. The molecular formula is C42H37N3O4. The van der Waals surface area contributed by atoms with Crippen molar-refractivity contribution < 1.29 is 19.0 Å². The summed E-state index contributed by atoms with van der Waals surface area (Å²) in [6.45, 7) is 0.862. The molecule has 1 atom stereocenters. The number of ether oxygens (including phenoxy) is 3. The molecule has 244 valence electrons. The van der Waals surface area contributed by atoms with E-state index >= 15 is 0 Å². The van der Waals surface area contributed by atoms with Crippen LogP contribution in [0, 0.1) is 0 Å². The van der Waals surface area contributed by atoms with E-state index in [-0.39, 0.29) is 12.1 Å². The summed E-state index contributed by atoms with van der Waals surface area (Å²) < 4.78 is 18.6. The molecule has 49 heavy (non-hydrogen) atoms. The molecule has 0 saturated heterocycles. The minimum absolute atomic E-state index is 0.227. The fourth-order valence-corrected chi connectivity index (χ4v) is 6.48. The van der Waals surface area contributed by atoms with Crippen molar-refractivity contribution in [2.24, 2.45) is 0 Å². The maximum Gasteiger partial charge on any atom is 0.339 e. The molecule has 0 aliphatic carbocycles. The SMILES string of the molecule is COC(=O)c1ccn(CC(COc2ccc(-c3cc(-c4cccc5c(N)cccc45)ccc3-c3cccc4c(N)cccc34)cc2)OC)c1. The molecule has 7 heteroatoms. The molecule has 1 unspecified atom stereocenters. The largest absolute Gasteiger partial charge is 0.491 e. The number of esters is 1. The minimum Gasteiger partial charge on any atom is -0.491 e. The highest BCUT2D eigenvalue weighted by atomic mass is 16.5. The lowest BCUT2D eigenvalue weighted by molar-refractivity contribution is 0.0457. The summed E-state index contributed by atoms with van der Waals surface area (Å²) in [5, 5.41) is 4.27. The molecule has 0 aliphatic rings. The smallest absolute Gasteiger partial charge is 0.339 e. The number of benzene rings is 6. The second kappa shape index (κ2) is 13.6. The zero-order chi connectivity index (χ0) is 33.9. The molecule has 7 nitrogen and oxygen atoms in total. The lowest BCUT2D eigenvalue weighted by Gasteiger charge is -2.18. The molecule has 0 amide bonds. The highest BCUT2D eigenvalue weighted by Crippen LogP contribution is 2.41. The van der Waals surface area contributed by atoms with Gasteiger partial charge in [0.1, 0.15) is 18.5 Å². The highest BCUT2D eigenvalue weighted by Gasteiger charge is 2.16. The molecule has 1 heterocycles. The van der Waals surface area contributed by atoms with E-state index in [1.54, 1.807) is 19.4 Å². The van der Waals surface area contributed by atoms with Gasteiger partial charge in [-0.2, -0.15) is 0 Å². The first kappa shape index (κ1) is 31.5. The van der Waals surface area contributed by atoms with Gasteiger partial charge < -0.3 is 30.2 Å². The Kier molecular flexibility index (Phi) is 8.75. The van der Waals surface area contributed by atoms with Crippen LogP contribution in [0.5, 0.6) is 5.75 Å². The van der Waals surface area contributed by atoms with Gasteiger partial charge in [-0.25, -0.2) is 4.79 Å². The molecule has 0 fully saturated rings. The van der Waals surface area contributed by atoms with E-state index < -0.39 is 0 Å². The molecule has 4 N–H and O–H groups in total. The predicted molar refractivity (Wildman–Crippen MR) is 199 cm³/mol.